The highest BCUT2D eigenvalue weighted by atomic mass is 14.4. The largest absolute Gasteiger partial charge is 0.0616 e. The van der Waals surface area contributed by atoms with Crippen LogP contribution in [0.25, 0.3) is 76.5 Å². The van der Waals surface area contributed by atoms with Crippen molar-refractivity contribution >= 4 is 43.1 Å². The highest BCUT2D eigenvalue weighted by Crippen LogP contribution is 2.52. The number of rotatable bonds is 2. The first-order chi connectivity index (χ1) is 21.1. The van der Waals surface area contributed by atoms with E-state index in [0.29, 0.717) is 0 Å². The Labute approximate surface area is 251 Å². The number of hydrogen-bond donors (Lipinski definition) is 0. The van der Waals surface area contributed by atoms with Gasteiger partial charge in [-0.1, -0.05) is 147 Å². The molecule has 0 aromatic heterocycles. The third-order valence-corrected chi connectivity index (χ3v) is 9.86. The van der Waals surface area contributed by atoms with Gasteiger partial charge in [0.05, 0.1) is 0 Å². The minimum atomic E-state index is -0.0112. The summed E-state index contributed by atoms with van der Waals surface area (Å²) in [4.78, 5) is 0. The summed E-state index contributed by atoms with van der Waals surface area (Å²) >= 11 is 0. The van der Waals surface area contributed by atoms with Crippen LogP contribution in [0.1, 0.15) is 25.0 Å². The van der Waals surface area contributed by atoms with Gasteiger partial charge in [0.25, 0.3) is 0 Å². The summed E-state index contributed by atoms with van der Waals surface area (Å²) in [7, 11) is 0. The second-order valence-electron chi connectivity index (χ2n) is 12.5. The first-order valence-corrected chi connectivity index (χ1v) is 15.2. The van der Waals surface area contributed by atoms with Crippen molar-refractivity contribution in [2.45, 2.75) is 19.3 Å². The van der Waals surface area contributed by atoms with Crippen LogP contribution in [0.5, 0.6) is 0 Å². The van der Waals surface area contributed by atoms with E-state index in [-0.39, 0.29) is 5.41 Å². The molecule has 0 spiro atoms. The summed E-state index contributed by atoms with van der Waals surface area (Å²) < 4.78 is 0. The Kier molecular flexibility index (Phi) is 5.05. The molecule has 0 radical (unpaired) electrons. The Morgan fingerprint density at radius 3 is 1.47 bits per heavy atom. The second kappa shape index (κ2) is 8.90. The van der Waals surface area contributed by atoms with Crippen LogP contribution >= 0.6 is 0 Å². The molecule has 0 fully saturated rings. The minimum Gasteiger partial charge on any atom is -0.0616 e. The fraction of sp³-hybridized carbons (Fsp3) is 0.0698. The Bertz CT molecular complexity index is 2370. The zero-order valence-corrected chi connectivity index (χ0v) is 24.4. The lowest BCUT2D eigenvalue weighted by Crippen LogP contribution is -2.14. The monoisotopic (exact) mass is 546 g/mol. The van der Waals surface area contributed by atoms with E-state index in [4.69, 9.17) is 0 Å². The van der Waals surface area contributed by atoms with E-state index in [1.807, 2.05) is 0 Å². The van der Waals surface area contributed by atoms with Gasteiger partial charge in [-0.2, -0.15) is 0 Å². The number of benzene rings is 8. The maximum absolute atomic E-state index is 2.41. The average Bonchev–Trinajstić information content (AvgIpc) is 3.30. The van der Waals surface area contributed by atoms with Crippen LogP contribution in [0.15, 0.2) is 146 Å². The van der Waals surface area contributed by atoms with Crippen molar-refractivity contribution < 1.29 is 0 Å². The molecule has 0 heterocycles. The maximum atomic E-state index is 2.41. The van der Waals surface area contributed by atoms with Crippen molar-refractivity contribution in [1.29, 1.82) is 0 Å². The lowest BCUT2D eigenvalue weighted by molar-refractivity contribution is 0.661. The fourth-order valence-electron chi connectivity index (χ4n) is 7.65. The molecular weight excluding hydrogens is 516 g/mol. The van der Waals surface area contributed by atoms with Crippen molar-refractivity contribution in [3.8, 4) is 33.4 Å². The molecule has 9 rings (SSSR count). The SMILES string of the molecule is CC1(C)c2ccc(-c3ccc(-c4ccc5c6ccccc6c6ccccc6c5c4)cc3)cc2-c2c1ccc1ccccc21. The average molecular weight is 547 g/mol. The summed E-state index contributed by atoms with van der Waals surface area (Å²) in [6.07, 6.45) is 0. The van der Waals surface area contributed by atoms with Crippen LogP contribution in [0.2, 0.25) is 0 Å². The van der Waals surface area contributed by atoms with Gasteiger partial charge in [0.1, 0.15) is 0 Å². The summed E-state index contributed by atoms with van der Waals surface area (Å²) in [6, 6.07) is 54.1. The lowest BCUT2D eigenvalue weighted by Gasteiger charge is -2.21. The zero-order valence-electron chi connectivity index (χ0n) is 24.4. The third-order valence-electron chi connectivity index (χ3n) is 9.86. The van der Waals surface area contributed by atoms with E-state index in [2.05, 4.69) is 159 Å². The maximum Gasteiger partial charge on any atom is 0.0159 e. The molecule has 0 atom stereocenters. The molecule has 0 bridgehead atoms. The molecule has 43 heavy (non-hydrogen) atoms. The third kappa shape index (κ3) is 3.50. The van der Waals surface area contributed by atoms with Gasteiger partial charge < -0.3 is 0 Å². The molecule has 1 aliphatic carbocycles. The summed E-state index contributed by atoms with van der Waals surface area (Å²) in [5.41, 5.74) is 10.6. The molecular formula is C43H30. The predicted octanol–water partition coefficient (Wildman–Crippen LogP) is 11.9. The fourth-order valence-corrected chi connectivity index (χ4v) is 7.65. The van der Waals surface area contributed by atoms with Gasteiger partial charge in [-0.05, 0) is 99.7 Å². The summed E-state index contributed by atoms with van der Waals surface area (Å²) in [6.45, 7) is 4.72. The topological polar surface area (TPSA) is 0 Å². The van der Waals surface area contributed by atoms with Crippen LogP contribution in [0.4, 0.5) is 0 Å². The summed E-state index contributed by atoms with van der Waals surface area (Å²) in [5.74, 6) is 0. The van der Waals surface area contributed by atoms with E-state index in [1.54, 1.807) is 0 Å². The molecule has 202 valence electrons. The van der Waals surface area contributed by atoms with E-state index in [0.717, 1.165) is 0 Å². The molecule has 0 heteroatoms. The first kappa shape index (κ1) is 24.4. The van der Waals surface area contributed by atoms with E-state index < -0.39 is 0 Å². The van der Waals surface area contributed by atoms with Gasteiger partial charge in [-0.15, -0.1) is 0 Å². The van der Waals surface area contributed by atoms with Crippen LogP contribution in [-0.2, 0) is 5.41 Å². The second-order valence-corrected chi connectivity index (χ2v) is 12.5. The van der Waals surface area contributed by atoms with Gasteiger partial charge in [-0.25, -0.2) is 0 Å². The van der Waals surface area contributed by atoms with Crippen molar-refractivity contribution in [2.75, 3.05) is 0 Å². The molecule has 0 saturated heterocycles. The lowest BCUT2D eigenvalue weighted by atomic mass is 9.82. The Balaban J connectivity index is 1.15. The first-order valence-electron chi connectivity index (χ1n) is 15.2. The molecule has 8 aromatic carbocycles. The highest BCUT2D eigenvalue weighted by molar-refractivity contribution is 6.25. The molecule has 0 nitrogen and oxygen atoms in total. The van der Waals surface area contributed by atoms with Crippen molar-refractivity contribution in [3.63, 3.8) is 0 Å². The molecule has 8 aromatic rings. The van der Waals surface area contributed by atoms with Crippen molar-refractivity contribution in [1.82, 2.24) is 0 Å². The number of hydrogen-bond acceptors (Lipinski definition) is 0. The van der Waals surface area contributed by atoms with Crippen molar-refractivity contribution in [3.05, 3.63) is 157 Å². The number of fused-ring (bicyclic) bond motifs is 11. The van der Waals surface area contributed by atoms with Crippen LogP contribution in [-0.4, -0.2) is 0 Å². The van der Waals surface area contributed by atoms with E-state index >= 15 is 0 Å². The quantitative estimate of drug-likeness (QED) is 0.189. The molecule has 0 N–H and O–H groups in total. The van der Waals surface area contributed by atoms with Crippen LogP contribution in [0, 0.1) is 0 Å². The van der Waals surface area contributed by atoms with Gasteiger partial charge in [0, 0.05) is 5.41 Å². The predicted molar refractivity (Wildman–Crippen MR) is 185 cm³/mol. The minimum absolute atomic E-state index is 0.0112. The normalized spacial score (nSPS) is 13.5. The molecule has 0 unspecified atom stereocenters. The van der Waals surface area contributed by atoms with Gasteiger partial charge in [-0.3, -0.25) is 0 Å². The van der Waals surface area contributed by atoms with E-state index in [1.165, 1.54) is 87.6 Å². The molecule has 0 amide bonds. The van der Waals surface area contributed by atoms with E-state index in [9.17, 15) is 0 Å². The molecule has 1 aliphatic rings. The standard InChI is InChI=1S/C43H30/c1-43(2)40-23-21-31(26-39(40)42-32-10-4-3-9-29(32)20-24-41(42)43)28-17-15-27(16-18-28)30-19-22-37-35-13-6-5-11-33(35)34-12-7-8-14-36(34)38(37)25-30/h3-26H,1-2H3. The summed E-state index contributed by atoms with van der Waals surface area (Å²) in [5, 5.41) is 10.5. The molecule has 0 aliphatic heterocycles. The van der Waals surface area contributed by atoms with Gasteiger partial charge >= 0.3 is 0 Å². The zero-order chi connectivity index (χ0) is 28.7. The Morgan fingerprint density at radius 1 is 0.349 bits per heavy atom. The van der Waals surface area contributed by atoms with Crippen LogP contribution < -0.4 is 0 Å². The van der Waals surface area contributed by atoms with Crippen molar-refractivity contribution in [2.24, 2.45) is 0 Å². The highest BCUT2D eigenvalue weighted by Gasteiger charge is 2.36. The Morgan fingerprint density at radius 2 is 0.814 bits per heavy atom. The molecule has 0 saturated carbocycles. The van der Waals surface area contributed by atoms with Gasteiger partial charge in [0.15, 0.2) is 0 Å². The smallest absolute Gasteiger partial charge is 0.0159 e. The van der Waals surface area contributed by atoms with Crippen LogP contribution in [0.3, 0.4) is 0 Å². The Hall–Kier alpha value is -5.20. The van der Waals surface area contributed by atoms with Gasteiger partial charge in [0.2, 0.25) is 0 Å².